The first-order valence-corrected chi connectivity index (χ1v) is 6.94. The van der Waals surface area contributed by atoms with Gasteiger partial charge in [0, 0.05) is 18.2 Å². The minimum Gasteiger partial charge on any atom is -0.376 e. The summed E-state index contributed by atoms with van der Waals surface area (Å²) in [6, 6.07) is 7.23. The predicted molar refractivity (Wildman–Crippen MR) is 75.4 cm³/mol. The summed E-state index contributed by atoms with van der Waals surface area (Å²) in [5.41, 5.74) is 0.986. The molecular formula is C14H19ClN2O2. The van der Waals surface area contributed by atoms with E-state index in [0.29, 0.717) is 11.6 Å². The largest absolute Gasteiger partial charge is 0.376 e. The highest BCUT2D eigenvalue weighted by atomic mass is 35.5. The SMILES string of the molecule is CC(NC(=O)NCC1CCCO1)c1cccc(Cl)c1. The van der Waals surface area contributed by atoms with Crippen LogP contribution in [0.4, 0.5) is 4.79 Å². The molecule has 2 N–H and O–H groups in total. The molecule has 2 amide bonds. The Morgan fingerprint density at radius 1 is 1.58 bits per heavy atom. The number of amides is 2. The number of carbonyl (C=O) groups is 1. The van der Waals surface area contributed by atoms with E-state index in [4.69, 9.17) is 16.3 Å². The first-order chi connectivity index (χ1) is 9.15. The summed E-state index contributed by atoms with van der Waals surface area (Å²) in [6.07, 6.45) is 2.25. The Morgan fingerprint density at radius 3 is 3.11 bits per heavy atom. The number of hydrogen-bond donors (Lipinski definition) is 2. The fraction of sp³-hybridized carbons (Fsp3) is 0.500. The van der Waals surface area contributed by atoms with Gasteiger partial charge >= 0.3 is 6.03 Å². The van der Waals surface area contributed by atoms with Gasteiger partial charge in [-0.1, -0.05) is 23.7 Å². The van der Waals surface area contributed by atoms with Gasteiger partial charge in [0.15, 0.2) is 0 Å². The quantitative estimate of drug-likeness (QED) is 0.892. The highest BCUT2D eigenvalue weighted by Gasteiger charge is 2.16. The maximum atomic E-state index is 11.8. The lowest BCUT2D eigenvalue weighted by molar-refractivity contribution is 0.111. The lowest BCUT2D eigenvalue weighted by Crippen LogP contribution is -2.40. The summed E-state index contributed by atoms with van der Waals surface area (Å²) >= 11 is 5.93. The van der Waals surface area contributed by atoms with Gasteiger partial charge < -0.3 is 15.4 Å². The van der Waals surface area contributed by atoms with Crippen molar-refractivity contribution in [1.29, 1.82) is 0 Å². The van der Waals surface area contributed by atoms with Crippen LogP contribution in [0.25, 0.3) is 0 Å². The molecule has 1 aromatic rings. The van der Waals surface area contributed by atoms with Gasteiger partial charge in [-0.2, -0.15) is 0 Å². The van der Waals surface area contributed by atoms with Crippen molar-refractivity contribution in [1.82, 2.24) is 10.6 Å². The van der Waals surface area contributed by atoms with Crippen molar-refractivity contribution in [2.75, 3.05) is 13.2 Å². The molecule has 19 heavy (non-hydrogen) atoms. The van der Waals surface area contributed by atoms with Crippen LogP contribution < -0.4 is 10.6 Å². The number of benzene rings is 1. The molecule has 1 aromatic carbocycles. The standard InChI is InChI=1S/C14H19ClN2O2/c1-10(11-4-2-5-12(15)8-11)17-14(18)16-9-13-6-3-7-19-13/h2,4-5,8,10,13H,3,6-7,9H2,1H3,(H2,16,17,18). The van der Waals surface area contributed by atoms with Crippen molar-refractivity contribution in [3.8, 4) is 0 Å². The van der Waals surface area contributed by atoms with Crippen molar-refractivity contribution in [3.05, 3.63) is 34.9 Å². The number of halogens is 1. The van der Waals surface area contributed by atoms with E-state index in [0.717, 1.165) is 25.0 Å². The second kappa shape index (κ2) is 6.78. The Bertz CT molecular complexity index is 433. The Hall–Kier alpha value is -1.26. The fourth-order valence-electron chi connectivity index (χ4n) is 2.12. The second-order valence-electron chi connectivity index (χ2n) is 4.77. The Morgan fingerprint density at radius 2 is 2.42 bits per heavy atom. The van der Waals surface area contributed by atoms with Gasteiger partial charge in [0.05, 0.1) is 12.1 Å². The van der Waals surface area contributed by atoms with E-state index in [2.05, 4.69) is 10.6 Å². The zero-order chi connectivity index (χ0) is 13.7. The third-order valence-electron chi connectivity index (χ3n) is 3.21. The zero-order valence-electron chi connectivity index (χ0n) is 11.0. The van der Waals surface area contributed by atoms with Crippen LogP contribution in [0.1, 0.15) is 31.4 Å². The predicted octanol–water partition coefficient (Wildman–Crippen LogP) is 2.88. The first kappa shape index (κ1) is 14.2. The fourth-order valence-corrected chi connectivity index (χ4v) is 2.32. The number of urea groups is 1. The summed E-state index contributed by atoms with van der Waals surface area (Å²) in [7, 11) is 0. The number of hydrogen-bond acceptors (Lipinski definition) is 2. The third kappa shape index (κ3) is 4.40. The van der Waals surface area contributed by atoms with Gasteiger partial charge in [-0.05, 0) is 37.5 Å². The van der Waals surface area contributed by atoms with Crippen LogP contribution in [0.5, 0.6) is 0 Å². The van der Waals surface area contributed by atoms with Gasteiger partial charge in [0.2, 0.25) is 0 Å². The van der Waals surface area contributed by atoms with Gasteiger partial charge in [-0.3, -0.25) is 0 Å². The van der Waals surface area contributed by atoms with E-state index < -0.39 is 0 Å². The van der Waals surface area contributed by atoms with Gasteiger partial charge in [-0.15, -0.1) is 0 Å². The molecule has 1 aliphatic rings. The maximum absolute atomic E-state index is 11.8. The second-order valence-corrected chi connectivity index (χ2v) is 5.20. The van der Waals surface area contributed by atoms with E-state index in [1.807, 2.05) is 31.2 Å². The number of rotatable bonds is 4. The smallest absolute Gasteiger partial charge is 0.315 e. The van der Waals surface area contributed by atoms with E-state index in [1.54, 1.807) is 0 Å². The Balaban J connectivity index is 1.77. The lowest BCUT2D eigenvalue weighted by atomic mass is 10.1. The molecule has 0 radical (unpaired) electrons. The number of ether oxygens (including phenoxy) is 1. The van der Waals surface area contributed by atoms with Gasteiger partial charge in [0.25, 0.3) is 0 Å². The van der Waals surface area contributed by atoms with E-state index in [-0.39, 0.29) is 18.2 Å². The highest BCUT2D eigenvalue weighted by Crippen LogP contribution is 2.17. The van der Waals surface area contributed by atoms with Crippen molar-refractivity contribution >= 4 is 17.6 Å². The van der Waals surface area contributed by atoms with Crippen LogP contribution in [-0.2, 0) is 4.74 Å². The minimum absolute atomic E-state index is 0.0804. The summed E-state index contributed by atoms with van der Waals surface area (Å²) in [4.78, 5) is 11.8. The normalized spacial score (nSPS) is 20.0. The molecular weight excluding hydrogens is 264 g/mol. The van der Waals surface area contributed by atoms with Crippen molar-refractivity contribution in [3.63, 3.8) is 0 Å². The number of carbonyl (C=O) groups excluding carboxylic acids is 1. The van der Waals surface area contributed by atoms with E-state index in [9.17, 15) is 4.79 Å². The molecule has 0 bridgehead atoms. The maximum Gasteiger partial charge on any atom is 0.315 e. The van der Waals surface area contributed by atoms with Crippen LogP contribution in [0, 0.1) is 0 Å². The zero-order valence-corrected chi connectivity index (χ0v) is 11.7. The summed E-state index contributed by atoms with van der Waals surface area (Å²) < 4.78 is 5.45. The van der Waals surface area contributed by atoms with Gasteiger partial charge in [-0.25, -0.2) is 4.79 Å². The molecule has 104 valence electrons. The molecule has 5 heteroatoms. The van der Waals surface area contributed by atoms with Crippen molar-refractivity contribution < 1.29 is 9.53 Å². The average Bonchev–Trinajstić information content (AvgIpc) is 2.89. The van der Waals surface area contributed by atoms with Gasteiger partial charge in [0.1, 0.15) is 0 Å². The molecule has 1 fully saturated rings. The van der Waals surface area contributed by atoms with Crippen molar-refractivity contribution in [2.45, 2.75) is 31.9 Å². The third-order valence-corrected chi connectivity index (χ3v) is 3.45. The van der Waals surface area contributed by atoms with Crippen LogP contribution in [0.15, 0.2) is 24.3 Å². The summed E-state index contributed by atoms with van der Waals surface area (Å²) in [5.74, 6) is 0. The van der Waals surface area contributed by atoms with Crippen LogP contribution in [0.2, 0.25) is 5.02 Å². The van der Waals surface area contributed by atoms with Crippen LogP contribution in [0.3, 0.4) is 0 Å². The summed E-state index contributed by atoms with van der Waals surface area (Å²) in [6.45, 7) is 3.29. The first-order valence-electron chi connectivity index (χ1n) is 6.56. The van der Waals surface area contributed by atoms with E-state index in [1.165, 1.54) is 0 Å². The Kier molecular flexibility index (Phi) is 5.05. The molecule has 2 rings (SSSR count). The molecule has 1 saturated heterocycles. The molecule has 0 saturated carbocycles. The average molecular weight is 283 g/mol. The Labute approximate surface area is 118 Å². The van der Waals surface area contributed by atoms with Crippen molar-refractivity contribution in [2.24, 2.45) is 0 Å². The lowest BCUT2D eigenvalue weighted by Gasteiger charge is -2.16. The monoisotopic (exact) mass is 282 g/mol. The topological polar surface area (TPSA) is 50.4 Å². The molecule has 2 atom stereocenters. The van der Waals surface area contributed by atoms with E-state index >= 15 is 0 Å². The highest BCUT2D eigenvalue weighted by molar-refractivity contribution is 6.30. The molecule has 1 heterocycles. The van der Waals surface area contributed by atoms with Crippen LogP contribution >= 0.6 is 11.6 Å². The molecule has 2 unspecified atom stereocenters. The minimum atomic E-state index is -0.178. The molecule has 4 nitrogen and oxygen atoms in total. The molecule has 0 spiro atoms. The van der Waals surface area contributed by atoms with Crippen LogP contribution in [-0.4, -0.2) is 25.3 Å². The number of nitrogens with one attached hydrogen (secondary N) is 2. The molecule has 0 aromatic heterocycles. The molecule has 0 aliphatic carbocycles. The summed E-state index contributed by atoms with van der Waals surface area (Å²) in [5, 5.41) is 6.39. The molecule has 1 aliphatic heterocycles.